The zero-order valence-electron chi connectivity index (χ0n) is 12.4. The number of H-pyrrole nitrogens is 2. The van der Waals surface area contributed by atoms with E-state index in [0.29, 0.717) is 6.54 Å². The van der Waals surface area contributed by atoms with Crippen LogP contribution in [0.2, 0.25) is 0 Å². The number of unbranched alkanes of at least 4 members (excludes halogenated alkanes) is 1. The maximum absolute atomic E-state index is 12.1. The van der Waals surface area contributed by atoms with Gasteiger partial charge in [-0.25, -0.2) is 4.79 Å². The van der Waals surface area contributed by atoms with Gasteiger partial charge in [0, 0.05) is 6.54 Å². The summed E-state index contributed by atoms with van der Waals surface area (Å²) in [4.78, 5) is 55.2. The summed E-state index contributed by atoms with van der Waals surface area (Å²) in [6, 6.07) is 0. The molecule has 0 saturated heterocycles. The fourth-order valence-electron chi connectivity index (χ4n) is 2.07. The normalized spacial score (nSPS) is 10.8. The van der Waals surface area contributed by atoms with Gasteiger partial charge in [0.25, 0.3) is 5.56 Å². The third kappa shape index (κ3) is 3.30. The highest BCUT2D eigenvalue weighted by atomic mass is 16.2. The number of nitrogens with zero attached hydrogens (tertiary/aromatic N) is 2. The van der Waals surface area contributed by atoms with Crippen molar-refractivity contribution in [2.24, 2.45) is 0 Å². The summed E-state index contributed by atoms with van der Waals surface area (Å²) < 4.78 is 1.33. The van der Waals surface area contributed by atoms with Crippen LogP contribution in [0.5, 0.6) is 0 Å². The Hall–Kier alpha value is -2.71. The van der Waals surface area contributed by atoms with Crippen molar-refractivity contribution in [3.05, 3.63) is 20.8 Å². The van der Waals surface area contributed by atoms with Crippen molar-refractivity contribution < 1.29 is 9.59 Å². The lowest BCUT2D eigenvalue weighted by Gasteiger charge is -2.04. The number of hydrogen-bond donors (Lipinski definition) is 3. The number of rotatable bonds is 6. The number of aryl methyl sites for hydroxylation is 1. The van der Waals surface area contributed by atoms with Crippen LogP contribution >= 0.6 is 0 Å². The summed E-state index contributed by atoms with van der Waals surface area (Å²) in [5.74, 6) is -0.990. The molecular weight excluding hydrogens is 290 g/mol. The highest BCUT2D eigenvalue weighted by molar-refractivity contribution is 6.02. The van der Waals surface area contributed by atoms with Gasteiger partial charge in [0.05, 0.1) is 6.42 Å². The molecule has 118 valence electrons. The summed E-state index contributed by atoms with van der Waals surface area (Å²) in [7, 11) is 0. The summed E-state index contributed by atoms with van der Waals surface area (Å²) in [6.45, 7) is 3.67. The van der Waals surface area contributed by atoms with Gasteiger partial charge in [-0.2, -0.15) is 4.98 Å². The summed E-state index contributed by atoms with van der Waals surface area (Å²) in [6.07, 6.45) is 1.32. The quantitative estimate of drug-likeness (QED) is 0.653. The lowest BCUT2D eigenvalue weighted by atomic mass is 10.3. The number of aromatic amines is 2. The fraction of sp³-hybridized carbons (Fsp3) is 0.462. The lowest BCUT2D eigenvalue weighted by molar-refractivity contribution is -0.124. The molecule has 0 unspecified atom stereocenters. The third-order valence-corrected chi connectivity index (χ3v) is 3.04. The van der Waals surface area contributed by atoms with Gasteiger partial charge in [-0.3, -0.25) is 34.2 Å². The Bertz CT molecular complexity index is 829. The van der Waals surface area contributed by atoms with Gasteiger partial charge in [0.2, 0.25) is 11.9 Å². The molecule has 0 saturated carbocycles. The Kier molecular flexibility index (Phi) is 4.54. The van der Waals surface area contributed by atoms with Crippen LogP contribution in [-0.2, 0) is 16.1 Å². The number of imidazole rings is 1. The molecule has 2 heterocycles. The van der Waals surface area contributed by atoms with Crippen molar-refractivity contribution in [1.29, 1.82) is 0 Å². The second-order valence-corrected chi connectivity index (χ2v) is 4.97. The number of anilines is 1. The molecule has 0 radical (unpaired) electrons. The van der Waals surface area contributed by atoms with Gasteiger partial charge in [-0.1, -0.05) is 13.3 Å². The Balaban J connectivity index is 2.38. The maximum Gasteiger partial charge on any atom is 0.327 e. The minimum Gasteiger partial charge on any atom is -0.299 e. The number of nitrogens with one attached hydrogen (secondary N) is 3. The summed E-state index contributed by atoms with van der Waals surface area (Å²) in [5.41, 5.74) is -0.711. The first kappa shape index (κ1) is 15.7. The van der Waals surface area contributed by atoms with E-state index in [1.54, 1.807) is 0 Å². The van der Waals surface area contributed by atoms with E-state index < -0.39 is 17.2 Å². The fourth-order valence-corrected chi connectivity index (χ4v) is 2.07. The van der Waals surface area contributed by atoms with Crippen LogP contribution in [-0.4, -0.2) is 31.2 Å². The molecule has 0 aliphatic heterocycles. The van der Waals surface area contributed by atoms with E-state index >= 15 is 0 Å². The molecule has 9 heteroatoms. The molecule has 0 bridgehead atoms. The molecule has 0 fully saturated rings. The lowest BCUT2D eigenvalue weighted by Crippen LogP contribution is -2.22. The predicted molar refractivity (Wildman–Crippen MR) is 79.8 cm³/mol. The van der Waals surface area contributed by atoms with Crippen LogP contribution < -0.4 is 16.6 Å². The molecule has 3 N–H and O–H groups in total. The highest BCUT2D eigenvalue weighted by Gasteiger charge is 2.14. The zero-order valence-corrected chi connectivity index (χ0v) is 12.4. The van der Waals surface area contributed by atoms with E-state index in [0.717, 1.165) is 12.8 Å². The SMILES string of the molecule is CCCCn1c(=O)[nH]c2nc(NC(=O)CC(C)=O)[nH]c(=O)c21. The van der Waals surface area contributed by atoms with Gasteiger partial charge < -0.3 is 0 Å². The molecule has 0 spiro atoms. The zero-order chi connectivity index (χ0) is 16.3. The van der Waals surface area contributed by atoms with Crippen molar-refractivity contribution in [2.75, 3.05) is 5.32 Å². The first-order valence-corrected chi connectivity index (χ1v) is 6.94. The number of carbonyl (C=O) groups excluding carboxylic acids is 2. The average Bonchev–Trinajstić information content (AvgIpc) is 2.71. The van der Waals surface area contributed by atoms with Gasteiger partial charge in [-0.15, -0.1) is 0 Å². The van der Waals surface area contributed by atoms with Crippen molar-refractivity contribution in [3.8, 4) is 0 Å². The molecule has 2 aromatic rings. The van der Waals surface area contributed by atoms with E-state index in [1.165, 1.54) is 11.5 Å². The minimum atomic E-state index is -0.581. The Morgan fingerprint density at radius 3 is 2.64 bits per heavy atom. The maximum atomic E-state index is 12.1. The minimum absolute atomic E-state index is 0.1000. The standard InChI is InChI=1S/C13H17N5O4/c1-3-4-5-18-9-10(16-13(18)22)15-12(17-11(9)21)14-8(20)6-7(2)19/h3-6H2,1-2H3,(H3,14,15,16,17,20,21,22). The Morgan fingerprint density at radius 1 is 1.27 bits per heavy atom. The van der Waals surface area contributed by atoms with Crippen LogP contribution in [0.1, 0.15) is 33.1 Å². The van der Waals surface area contributed by atoms with Crippen LogP contribution in [0.25, 0.3) is 11.2 Å². The van der Waals surface area contributed by atoms with Crippen LogP contribution in [0.15, 0.2) is 9.59 Å². The van der Waals surface area contributed by atoms with Crippen LogP contribution in [0.3, 0.4) is 0 Å². The van der Waals surface area contributed by atoms with Crippen molar-refractivity contribution in [3.63, 3.8) is 0 Å². The van der Waals surface area contributed by atoms with E-state index in [-0.39, 0.29) is 29.3 Å². The first-order chi connectivity index (χ1) is 10.4. The van der Waals surface area contributed by atoms with E-state index in [2.05, 4.69) is 20.3 Å². The Morgan fingerprint density at radius 2 is 2.00 bits per heavy atom. The van der Waals surface area contributed by atoms with Crippen molar-refractivity contribution >= 4 is 28.8 Å². The predicted octanol–water partition coefficient (Wildman–Crippen LogP) is 0.131. The molecule has 0 atom stereocenters. The van der Waals surface area contributed by atoms with E-state index in [1.807, 2.05) is 6.92 Å². The van der Waals surface area contributed by atoms with Gasteiger partial charge in [0.15, 0.2) is 11.2 Å². The number of carbonyl (C=O) groups is 2. The molecule has 2 aromatic heterocycles. The van der Waals surface area contributed by atoms with Gasteiger partial charge in [-0.05, 0) is 13.3 Å². The number of ketones is 1. The van der Waals surface area contributed by atoms with Gasteiger partial charge >= 0.3 is 5.69 Å². The number of aromatic nitrogens is 4. The monoisotopic (exact) mass is 307 g/mol. The topological polar surface area (TPSA) is 130 Å². The number of amides is 1. The molecule has 0 aromatic carbocycles. The number of Topliss-reactive ketones (excluding diaryl/α,β-unsaturated/α-hetero) is 1. The van der Waals surface area contributed by atoms with E-state index in [9.17, 15) is 19.2 Å². The van der Waals surface area contributed by atoms with Crippen molar-refractivity contribution in [2.45, 2.75) is 39.7 Å². The van der Waals surface area contributed by atoms with Gasteiger partial charge in [0.1, 0.15) is 5.78 Å². The molecule has 1 amide bonds. The first-order valence-electron chi connectivity index (χ1n) is 6.94. The molecule has 22 heavy (non-hydrogen) atoms. The molecule has 2 rings (SSSR count). The highest BCUT2D eigenvalue weighted by Crippen LogP contribution is 2.06. The molecule has 9 nitrogen and oxygen atoms in total. The van der Waals surface area contributed by atoms with E-state index in [4.69, 9.17) is 0 Å². The third-order valence-electron chi connectivity index (χ3n) is 3.04. The molecule has 0 aliphatic carbocycles. The average molecular weight is 307 g/mol. The largest absolute Gasteiger partial charge is 0.327 e. The van der Waals surface area contributed by atoms with Crippen LogP contribution in [0.4, 0.5) is 5.95 Å². The Labute approximate surface area is 124 Å². The van der Waals surface area contributed by atoms with Crippen LogP contribution in [0, 0.1) is 0 Å². The van der Waals surface area contributed by atoms with Crippen molar-refractivity contribution in [1.82, 2.24) is 19.5 Å². The summed E-state index contributed by atoms with van der Waals surface area (Å²) >= 11 is 0. The molecule has 0 aliphatic rings. The second kappa shape index (κ2) is 6.37. The number of fused-ring (bicyclic) bond motifs is 1. The summed E-state index contributed by atoms with van der Waals surface area (Å²) in [5, 5.41) is 2.32. The number of hydrogen-bond acceptors (Lipinski definition) is 5. The second-order valence-electron chi connectivity index (χ2n) is 4.97. The smallest absolute Gasteiger partial charge is 0.299 e. The molecular formula is C13H17N5O4.